The molecular weight excluding hydrogens is 222 g/mol. The van der Waals surface area contributed by atoms with Crippen LogP contribution in [0, 0.1) is 0 Å². The fraction of sp³-hybridized carbons (Fsp3) is 0.500. The van der Waals surface area contributed by atoms with Gasteiger partial charge < -0.3 is 15.0 Å². The molecule has 2 N–H and O–H groups in total. The van der Waals surface area contributed by atoms with Crippen molar-refractivity contribution in [1.82, 2.24) is 19.9 Å². The van der Waals surface area contributed by atoms with Crippen molar-refractivity contribution in [2.75, 3.05) is 12.8 Å². The van der Waals surface area contributed by atoms with Crippen molar-refractivity contribution < 1.29 is 9.26 Å². The Kier molecular flexibility index (Phi) is 2.62. The summed E-state index contributed by atoms with van der Waals surface area (Å²) in [5.74, 6) is 1.30. The number of ether oxygens (including phenoxy) is 1. The lowest BCUT2D eigenvalue weighted by molar-refractivity contribution is 0.00973. The van der Waals surface area contributed by atoms with Crippen LogP contribution in [0.3, 0.4) is 0 Å². The molecule has 2 aromatic rings. The summed E-state index contributed by atoms with van der Waals surface area (Å²) >= 11 is 0. The Labute approximate surface area is 98.6 Å². The van der Waals surface area contributed by atoms with Crippen LogP contribution < -0.4 is 5.73 Å². The van der Waals surface area contributed by atoms with E-state index in [2.05, 4.69) is 15.2 Å². The van der Waals surface area contributed by atoms with Crippen LogP contribution in [0.4, 0.5) is 5.82 Å². The number of hydrogen-bond acceptors (Lipinski definition) is 6. The van der Waals surface area contributed by atoms with Gasteiger partial charge in [0.1, 0.15) is 17.0 Å². The largest absolute Gasteiger partial charge is 0.383 e. The Morgan fingerprint density at radius 1 is 1.47 bits per heavy atom. The van der Waals surface area contributed by atoms with Gasteiger partial charge in [-0.2, -0.15) is 10.1 Å². The lowest BCUT2D eigenvalue weighted by atomic mass is 10.1. The van der Waals surface area contributed by atoms with Crippen molar-refractivity contribution in [1.29, 1.82) is 0 Å². The van der Waals surface area contributed by atoms with Crippen LogP contribution in [0.25, 0.3) is 11.5 Å². The van der Waals surface area contributed by atoms with E-state index in [1.54, 1.807) is 25.0 Å². The molecule has 0 aliphatic carbocycles. The summed E-state index contributed by atoms with van der Waals surface area (Å²) in [6.45, 7) is 3.71. The molecule has 0 radical (unpaired) electrons. The van der Waals surface area contributed by atoms with E-state index in [-0.39, 0.29) is 0 Å². The average Bonchev–Trinajstić information content (AvgIpc) is 2.88. The molecular formula is C10H15N5O2. The fourth-order valence-corrected chi connectivity index (χ4v) is 1.28. The molecule has 7 heteroatoms. The van der Waals surface area contributed by atoms with Gasteiger partial charge >= 0.3 is 0 Å². The quantitative estimate of drug-likeness (QED) is 0.853. The van der Waals surface area contributed by atoms with Crippen LogP contribution in [0.5, 0.6) is 0 Å². The number of rotatable bonds is 3. The maximum atomic E-state index is 5.83. The topological polar surface area (TPSA) is 92.0 Å². The van der Waals surface area contributed by atoms with Crippen molar-refractivity contribution in [2.24, 2.45) is 7.05 Å². The minimum absolute atomic E-state index is 0.343. The molecule has 17 heavy (non-hydrogen) atoms. The number of aryl methyl sites for hydroxylation is 1. The van der Waals surface area contributed by atoms with Crippen molar-refractivity contribution >= 4 is 5.82 Å². The van der Waals surface area contributed by atoms with E-state index in [0.29, 0.717) is 23.1 Å². The number of nitrogens with zero attached hydrogens (tertiary/aromatic N) is 4. The molecule has 92 valence electrons. The molecule has 0 amide bonds. The van der Waals surface area contributed by atoms with E-state index in [1.807, 2.05) is 13.8 Å². The molecule has 2 rings (SSSR count). The highest BCUT2D eigenvalue weighted by molar-refractivity contribution is 5.66. The van der Waals surface area contributed by atoms with Gasteiger partial charge in [-0.25, -0.2) is 0 Å². The van der Waals surface area contributed by atoms with Gasteiger partial charge in [-0.3, -0.25) is 4.68 Å². The molecule has 0 aliphatic rings. The zero-order chi connectivity index (χ0) is 12.6. The summed E-state index contributed by atoms with van der Waals surface area (Å²) in [6, 6.07) is 0. The second-order valence-corrected chi connectivity index (χ2v) is 4.20. The minimum atomic E-state index is -0.598. The molecule has 0 atom stereocenters. The molecule has 0 bridgehead atoms. The average molecular weight is 237 g/mol. The van der Waals surface area contributed by atoms with Gasteiger partial charge in [0.15, 0.2) is 0 Å². The monoisotopic (exact) mass is 237 g/mol. The predicted molar refractivity (Wildman–Crippen MR) is 60.9 cm³/mol. The number of nitrogen functional groups attached to an aromatic ring is 1. The first-order valence-electron chi connectivity index (χ1n) is 5.13. The molecule has 7 nitrogen and oxygen atoms in total. The maximum absolute atomic E-state index is 5.83. The SMILES string of the molecule is COC(C)(C)c1noc(-c2cnn(C)c2N)n1. The predicted octanol–water partition coefficient (Wildman–Crippen LogP) is 0.934. The highest BCUT2D eigenvalue weighted by atomic mass is 16.5. The van der Waals surface area contributed by atoms with Crippen LogP contribution in [0.15, 0.2) is 10.7 Å². The minimum Gasteiger partial charge on any atom is -0.383 e. The Morgan fingerprint density at radius 2 is 2.18 bits per heavy atom. The number of aromatic nitrogens is 4. The van der Waals surface area contributed by atoms with Crippen molar-refractivity contribution in [2.45, 2.75) is 19.4 Å². The number of anilines is 1. The van der Waals surface area contributed by atoms with Gasteiger partial charge in [-0.05, 0) is 13.8 Å². The van der Waals surface area contributed by atoms with E-state index in [1.165, 1.54) is 0 Å². The number of methoxy groups -OCH3 is 1. The van der Waals surface area contributed by atoms with E-state index in [4.69, 9.17) is 15.0 Å². The summed E-state index contributed by atoms with van der Waals surface area (Å²) in [7, 11) is 3.34. The first kappa shape index (κ1) is 11.6. The zero-order valence-electron chi connectivity index (χ0n) is 10.3. The van der Waals surface area contributed by atoms with Gasteiger partial charge in [0, 0.05) is 14.2 Å². The summed E-state index contributed by atoms with van der Waals surface area (Å²) in [4.78, 5) is 4.26. The smallest absolute Gasteiger partial charge is 0.263 e. The van der Waals surface area contributed by atoms with Crippen LogP contribution in [-0.4, -0.2) is 27.0 Å². The van der Waals surface area contributed by atoms with Crippen LogP contribution in [0.1, 0.15) is 19.7 Å². The Morgan fingerprint density at radius 3 is 2.71 bits per heavy atom. The molecule has 0 spiro atoms. The number of hydrogen-bond donors (Lipinski definition) is 1. The zero-order valence-corrected chi connectivity index (χ0v) is 10.3. The van der Waals surface area contributed by atoms with E-state index in [9.17, 15) is 0 Å². The summed E-state index contributed by atoms with van der Waals surface area (Å²) in [6.07, 6.45) is 1.59. The van der Waals surface area contributed by atoms with Gasteiger partial charge in [0.25, 0.3) is 5.89 Å². The van der Waals surface area contributed by atoms with E-state index >= 15 is 0 Å². The third-order valence-corrected chi connectivity index (χ3v) is 2.69. The molecule has 2 aromatic heterocycles. The molecule has 0 aliphatic heterocycles. The Bertz CT molecular complexity index is 529. The van der Waals surface area contributed by atoms with E-state index < -0.39 is 5.60 Å². The highest BCUT2D eigenvalue weighted by Crippen LogP contribution is 2.27. The molecule has 0 fully saturated rings. The van der Waals surface area contributed by atoms with Crippen molar-refractivity contribution in [3.63, 3.8) is 0 Å². The number of nitrogens with two attached hydrogens (primary N) is 1. The van der Waals surface area contributed by atoms with Crippen LogP contribution >= 0.6 is 0 Å². The molecule has 0 saturated heterocycles. The third kappa shape index (κ3) is 1.89. The first-order chi connectivity index (χ1) is 7.95. The summed E-state index contributed by atoms with van der Waals surface area (Å²) in [5, 5.41) is 7.90. The highest BCUT2D eigenvalue weighted by Gasteiger charge is 2.27. The third-order valence-electron chi connectivity index (χ3n) is 2.69. The van der Waals surface area contributed by atoms with Gasteiger partial charge in [0.2, 0.25) is 5.82 Å². The lowest BCUT2D eigenvalue weighted by Crippen LogP contribution is -2.21. The van der Waals surface area contributed by atoms with Gasteiger partial charge in [0.05, 0.1) is 6.20 Å². The van der Waals surface area contributed by atoms with Gasteiger partial charge in [-0.15, -0.1) is 0 Å². The second kappa shape index (κ2) is 3.85. The molecule has 0 aromatic carbocycles. The van der Waals surface area contributed by atoms with Crippen molar-refractivity contribution in [3.8, 4) is 11.5 Å². The molecule has 0 saturated carbocycles. The first-order valence-corrected chi connectivity index (χ1v) is 5.13. The normalized spacial score (nSPS) is 12.0. The summed E-state index contributed by atoms with van der Waals surface area (Å²) in [5.41, 5.74) is 5.85. The molecule has 0 unspecified atom stereocenters. The van der Waals surface area contributed by atoms with Gasteiger partial charge in [-0.1, -0.05) is 5.16 Å². The van der Waals surface area contributed by atoms with E-state index in [0.717, 1.165) is 0 Å². The Hall–Kier alpha value is -1.89. The Balaban J connectivity index is 2.40. The second-order valence-electron chi connectivity index (χ2n) is 4.20. The van der Waals surface area contributed by atoms with Crippen molar-refractivity contribution in [3.05, 3.63) is 12.0 Å². The summed E-state index contributed by atoms with van der Waals surface area (Å²) < 4.78 is 12.0. The standard InChI is InChI=1S/C10H15N5O2/c1-10(2,16-4)9-13-8(17-14-9)6-5-12-15(3)7(6)11/h5H,11H2,1-4H3. The molecule has 2 heterocycles. The lowest BCUT2D eigenvalue weighted by Gasteiger charge is -2.17. The van der Waals surface area contributed by atoms with Crippen LogP contribution in [-0.2, 0) is 17.4 Å². The van der Waals surface area contributed by atoms with Crippen LogP contribution in [0.2, 0.25) is 0 Å². The maximum Gasteiger partial charge on any atom is 0.263 e. The fourth-order valence-electron chi connectivity index (χ4n) is 1.28.